The van der Waals surface area contributed by atoms with Crippen molar-refractivity contribution in [2.75, 3.05) is 52.4 Å². The summed E-state index contributed by atoms with van der Waals surface area (Å²) in [5.41, 5.74) is 0. The van der Waals surface area contributed by atoms with Gasteiger partial charge in [-0.1, -0.05) is 28.5 Å². The number of likely N-dealkylation sites (tertiary alicyclic amines) is 1. The summed E-state index contributed by atoms with van der Waals surface area (Å²) in [4.78, 5) is 37.7. The summed E-state index contributed by atoms with van der Waals surface area (Å²) in [5.74, 6) is 1.37. The Hall–Kier alpha value is -0.650. The van der Waals surface area contributed by atoms with Crippen LogP contribution in [-0.2, 0) is 28.6 Å². The maximum atomic E-state index is 12.5. The fraction of sp³-hybridized carbons (Fsp3) is 0.885. The van der Waals surface area contributed by atoms with E-state index in [4.69, 9.17) is 14.2 Å². The molecule has 0 radical (unpaired) electrons. The molecule has 0 aromatic heterocycles. The number of carbonyl (C=O) groups is 3. The highest BCUT2D eigenvalue weighted by molar-refractivity contribution is 8.77. The van der Waals surface area contributed by atoms with Crippen molar-refractivity contribution >= 4 is 39.1 Å². The van der Waals surface area contributed by atoms with Crippen molar-refractivity contribution in [3.8, 4) is 0 Å². The predicted molar refractivity (Wildman–Crippen MR) is 146 cm³/mol. The SMILES string of the molecule is CCC(=O)CCOCCOCCSSC(C)(C)CCC(=O)CCCCC(=O)N1C[C@@H](OC)C[C@@H]1CO. The van der Waals surface area contributed by atoms with Gasteiger partial charge in [0.15, 0.2) is 0 Å². The van der Waals surface area contributed by atoms with Crippen LogP contribution in [0.1, 0.15) is 78.6 Å². The van der Waals surface area contributed by atoms with Crippen molar-refractivity contribution in [3.05, 3.63) is 0 Å². The third-order valence-corrected chi connectivity index (χ3v) is 9.54. The molecule has 8 nitrogen and oxygen atoms in total. The number of Topliss-reactive ketones (excluding diaryl/α,β-unsaturated/α-hetero) is 2. The van der Waals surface area contributed by atoms with Gasteiger partial charge in [-0.15, -0.1) is 0 Å². The Morgan fingerprint density at radius 2 is 1.67 bits per heavy atom. The standard InChI is InChI=1S/C26H47NO7S2/c1-5-22(29)11-13-33-14-15-34-16-17-35-36-26(2,3)12-10-23(30)8-6-7-9-25(31)27-19-24(32-4)18-21(27)20-28/h21,24,28H,5-20H2,1-4H3/t21-,24+/m1/s1. The minimum absolute atomic E-state index is 0.00182. The molecule has 1 aliphatic rings. The first-order valence-electron chi connectivity index (χ1n) is 13.1. The highest BCUT2D eigenvalue weighted by Crippen LogP contribution is 2.38. The average Bonchev–Trinajstić information content (AvgIpc) is 3.30. The Morgan fingerprint density at radius 1 is 0.972 bits per heavy atom. The number of aliphatic hydroxyl groups is 1. The summed E-state index contributed by atoms with van der Waals surface area (Å²) < 4.78 is 16.3. The van der Waals surface area contributed by atoms with Crippen LogP contribution in [0.3, 0.4) is 0 Å². The maximum Gasteiger partial charge on any atom is 0.222 e. The van der Waals surface area contributed by atoms with Gasteiger partial charge in [-0.25, -0.2) is 0 Å². The van der Waals surface area contributed by atoms with E-state index in [-0.39, 0.29) is 41.0 Å². The zero-order valence-electron chi connectivity index (χ0n) is 22.6. The lowest BCUT2D eigenvalue weighted by Crippen LogP contribution is -2.37. The van der Waals surface area contributed by atoms with Gasteiger partial charge in [0.25, 0.3) is 0 Å². The normalized spacial score (nSPS) is 18.1. The highest BCUT2D eigenvalue weighted by atomic mass is 33.1. The molecule has 1 aliphatic heterocycles. The van der Waals surface area contributed by atoms with Gasteiger partial charge in [-0.3, -0.25) is 14.4 Å². The monoisotopic (exact) mass is 549 g/mol. The predicted octanol–water partition coefficient (Wildman–Crippen LogP) is 4.07. The number of hydrogen-bond acceptors (Lipinski definition) is 9. The molecule has 1 rings (SSSR count). The molecule has 0 aromatic rings. The lowest BCUT2D eigenvalue weighted by molar-refractivity contribution is -0.133. The molecular formula is C26H47NO7S2. The molecule has 0 aromatic carbocycles. The largest absolute Gasteiger partial charge is 0.394 e. The van der Waals surface area contributed by atoms with Crippen molar-refractivity contribution in [2.45, 2.75) is 95.5 Å². The fourth-order valence-electron chi connectivity index (χ4n) is 3.85. The summed E-state index contributed by atoms with van der Waals surface area (Å²) >= 11 is 0. The second kappa shape index (κ2) is 19.4. The van der Waals surface area contributed by atoms with Crippen LogP contribution >= 0.6 is 21.6 Å². The third kappa shape index (κ3) is 14.9. The summed E-state index contributed by atoms with van der Waals surface area (Å²) in [7, 11) is 5.17. The quantitative estimate of drug-likeness (QED) is 0.158. The highest BCUT2D eigenvalue weighted by Gasteiger charge is 2.34. The molecule has 1 saturated heterocycles. The zero-order chi connectivity index (χ0) is 26.8. The van der Waals surface area contributed by atoms with Crippen molar-refractivity contribution in [1.82, 2.24) is 4.90 Å². The number of carbonyl (C=O) groups excluding carboxylic acids is 3. The van der Waals surface area contributed by atoms with Gasteiger partial charge in [-0.2, -0.15) is 0 Å². The molecule has 36 heavy (non-hydrogen) atoms. The van der Waals surface area contributed by atoms with Crippen LogP contribution in [-0.4, -0.2) is 96.8 Å². The lowest BCUT2D eigenvalue weighted by Gasteiger charge is -2.23. The Balaban J connectivity index is 2.04. The number of ether oxygens (including phenoxy) is 3. The second-order valence-corrected chi connectivity index (χ2v) is 12.9. The Kier molecular flexibility index (Phi) is 18.0. The van der Waals surface area contributed by atoms with Crippen molar-refractivity contribution < 1.29 is 33.7 Å². The van der Waals surface area contributed by atoms with Crippen LogP contribution in [0.4, 0.5) is 0 Å². The molecule has 0 unspecified atom stereocenters. The number of hydrogen-bond donors (Lipinski definition) is 1. The smallest absolute Gasteiger partial charge is 0.222 e. The number of methoxy groups -OCH3 is 1. The van der Waals surface area contributed by atoms with Crippen molar-refractivity contribution in [2.24, 2.45) is 0 Å². The van der Waals surface area contributed by atoms with E-state index in [1.165, 1.54) is 0 Å². The zero-order valence-corrected chi connectivity index (χ0v) is 24.3. The Bertz CT molecular complexity index is 648. The molecule has 0 bridgehead atoms. The third-order valence-electron chi connectivity index (χ3n) is 6.23. The molecular weight excluding hydrogens is 502 g/mol. The van der Waals surface area contributed by atoms with Gasteiger partial charge in [0, 0.05) is 56.3 Å². The number of amides is 1. The molecule has 1 heterocycles. The molecule has 210 valence electrons. The molecule has 2 atom stereocenters. The van der Waals surface area contributed by atoms with E-state index in [0.29, 0.717) is 84.3 Å². The van der Waals surface area contributed by atoms with Crippen LogP contribution in [0.25, 0.3) is 0 Å². The first-order valence-corrected chi connectivity index (χ1v) is 15.5. The van der Waals surface area contributed by atoms with Gasteiger partial charge in [0.2, 0.25) is 5.91 Å². The number of ketones is 2. The average molecular weight is 550 g/mol. The number of unbranched alkanes of at least 4 members (excludes halogenated alkanes) is 1. The van der Waals surface area contributed by atoms with E-state index in [1.807, 2.05) is 6.92 Å². The van der Waals surface area contributed by atoms with Gasteiger partial charge in [0.05, 0.1) is 45.2 Å². The van der Waals surface area contributed by atoms with Crippen LogP contribution in [0.15, 0.2) is 0 Å². The van der Waals surface area contributed by atoms with E-state index in [2.05, 4.69) is 13.8 Å². The number of rotatable bonds is 22. The van der Waals surface area contributed by atoms with E-state index in [9.17, 15) is 19.5 Å². The lowest BCUT2D eigenvalue weighted by atomic mass is 10.0. The van der Waals surface area contributed by atoms with Crippen LogP contribution in [0.2, 0.25) is 0 Å². The van der Waals surface area contributed by atoms with Gasteiger partial charge in [0.1, 0.15) is 11.6 Å². The van der Waals surface area contributed by atoms with Gasteiger partial charge in [-0.05, 0) is 39.5 Å². The maximum absolute atomic E-state index is 12.5. The fourth-order valence-corrected chi connectivity index (χ4v) is 6.29. The molecule has 10 heteroatoms. The van der Waals surface area contributed by atoms with Crippen LogP contribution in [0.5, 0.6) is 0 Å². The summed E-state index contributed by atoms with van der Waals surface area (Å²) in [6.45, 7) is 8.81. The van der Waals surface area contributed by atoms with E-state index in [0.717, 1.165) is 12.2 Å². The Morgan fingerprint density at radius 3 is 2.33 bits per heavy atom. The number of nitrogens with zero attached hydrogens (tertiary/aromatic N) is 1. The second-order valence-electron chi connectivity index (χ2n) is 9.75. The van der Waals surface area contributed by atoms with Crippen LogP contribution in [0, 0.1) is 0 Å². The molecule has 0 saturated carbocycles. The first kappa shape index (κ1) is 33.4. The summed E-state index contributed by atoms with van der Waals surface area (Å²) in [5, 5.41) is 9.50. The molecule has 0 aliphatic carbocycles. The summed E-state index contributed by atoms with van der Waals surface area (Å²) in [6.07, 6.45) is 5.39. The van der Waals surface area contributed by atoms with Crippen molar-refractivity contribution in [1.29, 1.82) is 0 Å². The van der Waals surface area contributed by atoms with E-state index >= 15 is 0 Å². The Labute approximate surface area is 225 Å². The topological polar surface area (TPSA) is 102 Å². The summed E-state index contributed by atoms with van der Waals surface area (Å²) in [6, 6.07) is -0.157. The molecule has 1 N–H and O–H groups in total. The molecule has 0 spiro atoms. The first-order chi connectivity index (χ1) is 17.2. The van der Waals surface area contributed by atoms with Crippen LogP contribution < -0.4 is 0 Å². The minimum atomic E-state index is -0.157. The van der Waals surface area contributed by atoms with E-state index in [1.54, 1.807) is 33.6 Å². The number of aliphatic hydroxyl groups excluding tert-OH is 1. The molecule has 1 amide bonds. The van der Waals surface area contributed by atoms with E-state index < -0.39 is 0 Å². The van der Waals surface area contributed by atoms with Gasteiger partial charge >= 0.3 is 0 Å². The van der Waals surface area contributed by atoms with Gasteiger partial charge < -0.3 is 24.2 Å². The van der Waals surface area contributed by atoms with Crippen molar-refractivity contribution in [3.63, 3.8) is 0 Å². The molecule has 1 fully saturated rings. The minimum Gasteiger partial charge on any atom is -0.394 e.